The topological polar surface area (TPSA) is 47.7 Å². The van der Waals surface area contributed by atoms with Crippen LogP contribution in [0.1, 0.15) is 0 Å². The largest absolute Gasteiger partial charge is 0.297 e. The molecule has 0 aromatic rings. The lowest BCUT2D eigenvalue weighted by Crippen LogP contribution is -2.16. The van der Waals surface area contributed by atoms with Crippen LogP contribution in [0.5, 0.6) is 0 Å². The summed E-state index contributed by atoms with van der Waals surface area (Å²) in [5.41, 5.74) is -0.157. The molecule has 0 radical (unpaired) electrons. The van der Waals surface area contributed by atoms with Crippen LogP contribution in [-0.2, 0) is 0 Å². The van der Waals surface area contributed by atoms with Gasteiger partial charge in [-0.05, 0) is 37.9 Å². The summed E-state index contributed by atoms with van der Waals surface area (Å²) in [7, 11) is 0. The molecule has 2 nitrogen and oxygen atoms in total. The second-order valence-electron chi connectivity index (χ2n) is 1.90. The maximum atomic E-state index is 12.7. The van der Waals surface area contributed by atoms with Crippen LogP contribution in [0.2, 0.25) is 0 Å². The van der Waals surface area contributed by atoms with Gasteiger partial charge in [0.05, 0.1) is 15.9 Å². The normalized spacial score (nSPS) is 19.0. The number of rotatable bonds is 0. The standard InChI is InChI=1S/C6H3Br2FN2/c7-2-1-3(9)4(8)6(11)5(2)10/h1,10-11H. The Kier molecular flexibility index (Phi) is 2.39. The number of allylic oxidation sites excluding steroid dienone is 4. The quantitative estimate of drug-likeness (QED) is 0.642. The van der Waals surface area contributed by atoms with Crippen molar-refractivity contribution in [3.8, 4) is 0 Å². The van der Waals surface area contributed by atoms with E-state index in [1.165, 1.54) is 0 Å². The molecule has 1 aliphatic rings. The highest BCUT2D eigenvalue weighted by Gasteiger charge is 2.20. The van der Waals surface area contributed by atoms with E-state index in [-0.39, 0.29) is 15.9 Å². The summed E-state index contributed by atoms with van der Waals surface area (Å²) in [6.45, 7) is 0. The van der Waals surface area contributed by atoms with Gasteiger partial charge in [0.2, 0.25) is 0 Å². The summed E-state index contributed by atoms with van der Waals surface area (Å²) in [4.78, 5) is 0. The van der Waals surface area contributed by atoms with E-state index in [9.17, 15) is 4.39 Å². The van der Waals surface area contributed by atoms with Gasteiger partial charge in [-0.2, -0.15) is 0 Å². The molecular weight excluding hydrogens is 279 g/mol. The van der Waals surface area contributed by atoms with E-state index in [0.29, 0.717) is 4.48 Å². The second kappa shape index (κ2) is 2.98. The van der Waals surface area contributed by atoms with Crippen molar-refractivity contribution in [2.24, 2.45) is 0 Å². The fourth-order valence-electron chi connectivity index (χ4n) is 0.595. The Labute approximate surface area is 79.5 Å². The van der Waals surface area contributed by atoms with Crippen molar-refractivity contribution in [1.82, 2.24) is 0 Å². The minimum absolute atomic E-state index is 0.0155. The lowest BCUT2D eigenvalue weighted by molar-refractivity contribution is 0.666. The molecule has 5 heteroatoms. The lowest BCUT2D eigenvalue weighted by Gasteiger charge is -2.09. The van der Waals surface area contributed by atoms with Crippen LogP contribution < -0.4 is 0 Å². The average molecular weight is 282 g/mol. The smallest absolute Gasteiger partial charge is 0.140 e. The number of hydrogen-bond donors (Lipinski definition) is 2. The van der Waals surface area contributed by atoms with Gasteiger partial charge in [-0.25, -0.2) is 4.39 Å². The first-order chi connectivity index (χ1) is 5.04. The van der Waals surface area contributed by atoms with Gasteiger partial charge < -0.3 is 0 Å². The monoisotopic (exact) mass is 280 g/mol. The van der Waals surface area contributed by atoms with E-state index in [4.69, 9.17) is 10.8 Å². The first kappa shape index (κ1) is 8.80. The van der Waals surface area contributed by atoms with Gasteiger partial charge in [-0.3, -0.25) is 10.8 Å². The Balaban J connectivity index is 3.22. The van der Waals surface area contributed by atoms with E-state index >= 15 is 0 Å². The van der Waals surface area contributed by atoms with E-state index in [0.717, 1.165) is 6.08 Å². The summed E-state index contributed by atoms with van der Waals surface area (Å²) in [6, 6.07) is 0. The Hall–Kier alpha value is -0.290. The lowest BCUT2D eigenvalue weighted by atomic mass is 10.1. The first-order valence-corrected chi connectivity index (χ1v) is 4.23. The van der Waals surface area contributed by atoms with Crippen LogP contribution in [0.4, 0.5) is 4.39 Å². The Bertz CT molecular complexity index is 300. The Morgan fingerprint density at radius 3 is 2.27 bits per heavy atom. The Morgan fingerprint density at radius 1 is 1.18 bits per heavy atom. The maximum absolute atomic E-state index is 12.7. The Morgan fingerprint density at radius 2 is 1.73 bits per heavy atom. The molecule has 0 unspecified atom stereocenters. The van der Waals surface area contributed by atoms with Crippen molar-refractivity contribution in [1.29, 1.82) is 10.8 Å². The van der Waals surface area contributed by atoms with Gasteiger partial charge >= 0.3 is 0 Å². The third kappa shape index (κ3) is 1.49. The van der Waals surface area contributed by atoms with Crippen LogP contribution in [0.25, 0.3) is 0 Å². The van der Waals surface area contributed by atoms with Crippen molar-refractivity contribution in [2.45, 2.75) is 0 Å². The number of halogens is 3. The van der Waals surface area contributed by atoms with Gasteiger partial charge in [0.25, 0.3) is 0 Å². The fraction of sp³-hybridized carbons (Fsp3) is 0. The second-order valence-corrected chi connectivity index (χ2v) is 3.55. The van der Waals surface area contributed by atoms with Gasteiger partial charge in [0.15, 0.2) is 0 Å². The minimum Gasteiger partial charge on any atom is -0.297 e. The predicted molar refractivity (Wildman–Crippen MR) is 49.5 cm³/mol. The summed E-state index contributed by atoms with van der Waals surface area (Å²) in [5.74, 6) is -0.530. The number of nitrogens with one attached hydrogen (secondary N) is 2. The molecule has 2 N–H and O–H groups in total. The SMILES string of the molecule is N=C1C(=N)C(Br)=C(F)C=C1Br. The maximum Gasteiger partial charge on any atom is 0.140 e. The molecule has 0 amide bonds. The van der Waals surface area contributed by atoms with Crippen LogP contribution in [0.15, 0.2) is 20.9 Å². The van der Waals surface area contributed by atoms with E-state index in [1.54, 1.807) is 0 Å². The van der Waals surface area contributed by atoms with Gasteiger partial charge in [0, 0.05) is 4.48 Å². The summed E-state index contributed by atoms with van der Waals surface area (Å²) < 4.78 is 13.1. The molecule has 0 aromatic carbocycles. The number of hydrogen-bond acceptors (Lipinski definition) is 2. The molecule has 0 atom stereocenters. The molecule has 0 aromatic heterocycles. The van der Waals surface area contributed by atoms with Gasteiger partial charge in [-0.15, -0.1) is 0 Å². The zero-order chi connectivity index (χ0) is 8.59. The fourth-order valence-corrected chi connectivity index (χ4v) is 1.31. The molecule has 0 saturated heterocycles. The third-order valence-electron chi connectivity index (χ3n) is 1.17. The molecule has 0 saturated carbocycles. The molecule has 1 aliphatic carbocycles. The minimum atomic E-state index is -0.530. The molecule has 0 fully saturated rings. The third-order valence-corrected chi connectivity index (χ3v) is 2.57. The van der Waals surface area contributed by atoms with Crippen molar-refractivity contribution in [2.75, 3.05) is 0 Å². The molecule has 0 bridgehead atoms. The first-order valence-electron chi connectivity index (χ1n) is 2.64. The highest BCUT2D eigenvalue weighted by Crippen LogP contribution is 2.26. The van der Waals surface area contributed by atoms with Crippen LogP contribution >= 0.6 is 31.9 Å². The highest BCUT2D eigenvalue weighted by atomic mass is 79.9. The summed E-state index contributed by atoms with van der Waals surface area (Å²) >= 11 is 5.82. The van der Waals surface area contributed by atoms with E-state index in [2.05, 4.69) is 31.9 Å². The zero-order valence-corrected chi connectivity index (χ0v) is 8.38. The van der Waals surface area contributed by atoms with E-state index in [1.807, 2.05) is 0 Å². The van der Waals surface area contributed by atoms with Crippen LogP contribution in [0, 0.1) is 10.8 Å². The van der Waals surface area contributed by atoms with E-state index < -0.39 is 5.83 Å². The van der Waals surface area contributed by atoms with Gasteiger partial charge in [-0.1, -0.05) is 0 Å². The molecular formula is C6H3Br2FN2. The average Bonchev–Trinajstić information content (AvgIpc) is 1.97. The van der Waals surface area contributed by atoms with Gasteiger partial charge in [0.1, 0.15) is 5.83 Å². The molecule has 0 aliphatic heterocycles. The molecule has 0 spiro atoms. The molecule has 0 heterocycles. The molecule has 1 rings (SSSR count). The highest BCUT2D eigenvalue weighted by molar-refractivity contribution is 9.12. The molecule has 11 heavy (non-hydrogen) atoms. The predicted octanol–water partition coefficient (Wildman–Crippen LogP) is 2.89. The molecule has 58 valence electrons. The zero-order valence-electron chi connectivity index (χ0n) is 5.21. The summed E-state index contributed by atoms with van der Waals surface area (Å²) in [5, 5.41) is 14.5. The van der Waals surface area contributed by atoms with Crippen LogP contribution in [0.3, 0.4) is 0 Å². The van der Waals surface area contributed by atoms with Crippen molar-refractivity contribution < 1.29 is 4.39 Å². The van der Waals surface area contributed by atoms with Crippen LogP contribution in [-0.4, -0.2) is 11.4 Å². The summed E-state index contributed by atoms with van der Waals surface area (Å²) in [6.07, 6.45) is 1.16. The van der Waals surface area contributed by atoms with Crippen molar-refractivity contribution in [3.05, 3.63) is 20.9 Å². The van der Waals surface area contributed by atoms with Crippen molar-refractivity contribution in [3.63, 3.8) is 0 Å². The van der Waals surface area contributed by atoms with Crippen molar-refractivity contribution >= 4 is 43.3 Å².